The van der Waals surface area contributed by atoms with E-state index in [-0.39, 0.29) is 4.75 Å². The van der Waals surface area contributed by atoms with Crippen molar-refractivity contribution in [2.45, 2.75) is 38.9 Å². The summed E-state index contributed by atoms with van der Waals surface area (Å²) < 4.78 is 11.2. The van der Waals surface area contributed by atoms with Crippen molar-refractivity contribution in [3.05, 3.63) is 0 Å². The summed E-state index contributed by atoms with van der Waals surface area (Å²) in [6.45, 7) is 8.43. The molecule has 0 amide bonds. The minimum Gasteiger partial charge on any atom is -0.259 e. The van der Waals surface area contributed by atoms with Gasteiger partial charge >= 0.3 is 0 Å². The van der Waals surface area contributed by atoms with E-state index in [1.54, 1.807) is 6.26 Å². The van der Waals surface area contributed by atoms with E-state index in [9.17, 15) is 4.21 Å². The smallest absolute Gasteiger partial charge is 0.0425 e. The van der Waals surface area contributed by atoms with Gasteiger partial charge in [0.2, 0.25) is 0 Å². The number of rotatable bonds is 3. The quantitative estimate of drug-likeness (QED) is 0.621. The van der Waals surface area contributed by atoms with Crippen LogP contribution in [0.25, 0.3) is 0 Å². The fraction of sp³-hybridized carbons (Fsp3) is 1.00. The first kappa shape index (κ1) is 10.2. The van der Waals surface area contributed by atoms with Gasteiger partial charge in [0.25, 0.3) is 0 Å². The number of hydrogen-bond acceptors (Lipinski definition) is 1. The van der Waals surface area contributed by atoms with Crippen LogP contribution in [-0.2, 0) is 10.8 Å². The van der Waals surface area contributed by atoms with Crippen LogP contribution in [0.2, 0.25) is 0 Å². The Balaban J connectivity index is 4.23. The molecule has 10 heavy (non-hydrogen) atoms. The molecule has 0 heterocycles. The Labute approximate surface area is 66.7 Å². The van der Waals surface area contributed by atoms with Crippen molar-refractivity contribution in [2.75, 3.05) is 6.26 Å². The van der Waals surface area contributed by atoms with Crippen molar-refractivity contribution >= 4 is 10.8 Å². The van der Waals surface area contributed by atoms with Crippen molar-refractivity contribution in [1.29, 1.82) is 0 Å². The van der Waals surface area contributed by atoms with E-state index in [2.05, 4.69) is 27.7 Å². The van der Waals surface area contributed by atoms with Crippen molar-refractivity contribution in [2.24, 2.45) is 5.92 Å². The fourth-order valence-corrected chi connectivity index (χ4v) is 1.51. The highest BCUT2D eigenvalue weighted by Crippen LogP contribution is 2.24. The van der Waals surface area contributed by atoms with E-state index in [1.165, 1.54) is 0 Å². The van der Waals surface area contributed by atoms with Gasteiger partial charge in [0.15, 0.2) is 0 Å². The van der Waals surface area contributed by atoms with E-state index in [4.69, 9.17) is 0 Å². The van der Waals surface area contributed by atoms with E-state index in [0.29, 0.717) is 5.92 Å². The Hall–Kier alpha value is 0.150. The molecular weight excluding hydrogens is 144 g/mol. The van der Waals surface area contributed by atoms with E-state index in [0.717, 1.165) is 6.42 Å². The minimum absolute atomic E-state index is 0.0191. The summed E-state index contributed by atoms with van der Waals surface area (Å²) in [5.74, 6) is 0.540. The van der Waals surface area contributed by atoms with Crippen LogP contribution in [0.15, 0.2) is 0 Å². The van der Waals surface area contributed by atoms with Gasteiger partial charge in [0, 0.05) is 21.8 Å². The highest BCUT2D eigenvalue weighted by molar-refractivity contribution is 7.85. The lowest BCUT2D eigenvalue weighted by Gasteiger charge is -2.28. The molecule has 0 N–H and O–H groups in total. The third kappa shape index (κ3) is 2.08. The summed E-state index contributed by atoms with van der Waals surface area (Å²) in [5, 5.41) is 0. The zero-order valence-electron chi connectivity index (χ0n) is 7.60. The largest absolute Gasteiger partial charge is 0.259 e. The second-order valence-electron chi connectivity index (χ2n) is 3.37. The Bertz CT molecular complexity index is 129. The Morgan fingerprint density at radius 3 is 2.00 bits per heavy atom. The Morgan fingerprint density at radius 2 is 1.90 bits per heavy atom. The van der Waals surface area contributed by atoms with Crippen LogP contribution in [-0.4, -0.2) is 15.2 Å². The molecule has 2 unspecified atom stereocenters. The molecule has 0 aromatic heterocycles. The van der Waals surface area contributed by atoms with Crippen molar-refractivity contribution in [3.63, 3.8) is 0 Å². The van der Waals surface area contributed by atoms with Gasteiger partial charge in [-0.3, -0.25) is 4.21 Å². The molecule has 0 aromatic rings. The molecule has 0 radical (unpaired) electrons. The third-order valence-electron chi connectivity index (χ3n) is 2.54. The second-order valence-corrected chi connectivity index (χ2v) is 5.33. The lowest BCUT2D eigenvalue weighted by atomic mass is 9.95. The summed E-state index contributed by atoms with van der Waals surface area (Å²) in [5.41, 5.74) is 0. The standard InChI is InChI=1S/C8H18OS/c1-6-7(2)8(3,4)10(5)9/h7H,6H2,1-5H3. The van der Waals surface area contributed by atoms with E-state index >= 15 is 0 Å². The van der Waals surface area contributed by atoms with E-state index in [1.807, 2.05) is 0 Å². The maximum absolute atomic E-state index is 11.2. The molecule has 0 saturated heterocycles. The van der Waals surface area contributed by atoms with Crippen molar-refractivity contribution < 1.29 is 4.21 Å². The molecule has 0 bridgehead atoms. The first-order valence-electron chi connectivity index (χ1n) is 3.76. The molecule has 0 aliphatic rings. The van der Waals surface area contributed by atoms with Gasteiger partial charge in [-0.2, -0.15) is 0 Å². The monoisotopic (exact) mass is 162 g/mol. The van der Waals surface area contributed by atoms with Crippen molar-refractivity contribution in [1.82, 2.24) is 0 Å². The lowest BCUT2D eigenvalue weighted by Crippen LogP contribution is -2.33. The highest BCUT2D eigenvalue weighted by Gasteiger charge is 2.28. The normalized spacial score (nSPS) is 18.5. The summed E-state index contributed by atoms with van der Waals surface area (Å²) in [7, 11) is -0.706. The summed E-state index contributed by atoms with van der Waals surface area (Å²) in [6, 6.07) is 0. The van der Waals surface area contributed by atoms with Crippen LogP contribution < -0.4 is 0 Å². The molecule has 0 aromatic carbocycles. The zero-order chi connectivity index (χ0) is 8.36. The average Bonchev–Trinajstić information content (AvgIpc) is 1.86. The predicted molar refractivity (Wildman–Crippen MR) is 47.6 cm³/mol. The fourth-order valence-electron chi connectivity index (χ4n) is 0.775. The van der Waals surface area contributed by atoms with E-state index < -0.39 is 10.8 Å². The molecule has 62 valence electrons. The van der Waals surface area contributed by atoms with Gasteiger partial charge in [-0.05, 0) is 19.8 Å². The van der Waals surface area contributed by atoms with Gasteiger partial charge in [0.1, 0.15) is 0 Å². The first-order valence-corrected chi connectivity index (χ1v) is 5.32. The van der Waals surface area contributed by atoms with Crippen LogP contribution in [0.5, 0.6) is 0 Å². The molecule has 0 fully saturated rings. The predicted octanol–water partition coefficient (Wildman–Crippen LogP) is 2.19. The lowest BCUT2D eigenvalue weighted by molar-refractivity contribution is 0.436. The maximum Gasteiger partial charge on any atom is 0.0425 e. The summed E-state index contributed by atoms with van der Waals surface area (Å²) in [6.07, 6.45) is 2.89. The average molecular weight is 162 g/mol. The summed E-state index contributed by atoms with van der Waals surface area (Å²) >= 11 is 0. The second kappa shape index (κ2) is 3.51. The molecule has 2 atom stereocenters. The highest BCUT2D eigenvalue weighted by atomic mass is 32.2. The molecule has 0 spiro atoms. The van der Waals surface area contributed by atoms with Crippen LogP contribution in [0.4, 0.5) is 0 Å². The SMILES string of the molecule is CCC(C)C(C)(C)S(C)=O. The van der Waals surface area contributed by atoms with Crippen LogP contribution in [0.3, 0.4) is 0 Å². The molecule has 0 aliphatic carbocycles. The third-order valence-corrected chi connectivity index (χ3v) is 4.42. The van der Waals surface area contributed by atoms with Gasteiger partial charge < -0.3 is 0 Å². The van der Waals surface area contributed by atoms with Crippen LogP contribution in [0.1, 0.15) is 34.1 Å². The van der Waals surface area contributed by atoms with Gasteiger partial charge in [-0.1, -0.05) is 20.3 Å². The molecular formula is C8H18OS. The van der Waals surface area contributed by atoms with Gasteiger partial charge in [-0.25, -0.2) is 0 Å². The van der Waals surface area contributed by atoms with Crippen LogP contribution in [0, 0.1) is 5.92 Å². The minimum atomic E-state index is -0.706. The summed E-state index contributed by atoms with van der Waals surface area (Å²) in [4.78, 5) is 0. The number of hydrogen-bond donors (Lipinski definition) is 0. The van der Waals surface area contributed by atoms with Crippen molar-refractivity contribution in [3.8, 4) is 0 Å². The molecule has 2 heteroatoms. The Morgan fingerprint density at radius 1 is 1.50 bits per heavy atom. The topological polar surface area (TPSA) is 17.1 Å². The molecule has 1 nitrogen and oxygen atoms in total. The first-order chi connectivity index (χ1) is 4.42. The van der Waals surface area contributed by atoms with Crippen LogP contribution >= 0.6 is 0 Å². The molecule has 0 rings (SSSR count). The van der Waals surface area contributed by atoms with Gasteiger partial charge in [-0.15, -0.1) is 0 Å². The Kier molecular flexibility index (Phi) is 3.57. The molecule has 0 aliphatic heterocycles. The zero-order valence-corrected chi connectivity index (χ0v) is 8.42. The van der Waals surface area contributed by atoms with Gasteiger partial charge in [0.05, 0.1) is 0 Å². The maximum atomic E-state index is 11.2. The molecule has 0 saturated carbocycles.